The molecule has 1 saturated heterocycles. The van der Waals surface area contributed by atoms with Crippen LogP contribution in [0.15, 0.2) is 18.3 Å². The molecule has 1 aliphatic heterocycles. The fraction of sp³-hybridized carbons (Fsp3) is 0.684. The lowest BCUT2D eigenvalue weighted by Gasteiger charge is -2.38. The molecule has 1 amide bonds. The van der Waals surface area contributed by atoms with Gasteiger partial charge in [0.05, 0.1) is 11.7 Å². The van der Waals surface area contributed by atoms with E-state index in [1.165, 1.54) is 31.2 Å². The number of rotatable bonds is 5. The van der Waals surface area contributed by atoms with Crippen LogP contribution in [0.1, 0.15) is 69.2 Å². The quantitative estimate of drug-likeness (QED) is 0.906. The van der Waals surface area contributed by atoms with E-state index in [0.29, 0.717) is 0 Å². The van der Waals surface area contributed by atoms with E-state index in [1.807, 2.05) is 12.3 Å². The van der Waals surface area contributed by atoms with E-state index in [9.17, 15) is 4.79 Å². The summed E-state index contributed by atoms with van der Waals surface area (Å²) in [5.41, 5.74) is 1.92. The fourth-order valence-electron chi connectivity index (χ4n) is 4.22. The number of nitrogens with zero attached hydrogens (tertiary/aromatic N) is 2. The first kappa shape index (κ1) is 16.4. The summed E-state index contributed by atoms with van der Waals surface area (Å²) in [5.74, 6) is 0.229. The van der Waals surface area contributed by atoms with E-state index in [-0.39, 0.29) is 17.5 Å². The Balaban J connectivity index is 1.77. The van der Waals surface area contributed by atoms with Crippen molar-refractivity contribution < 1.29 is 4.79 Å². The third kappa shape index (κ3) is 3.27. The molecule has 1 atom stereocenters. The molecule has 3 rings (SSSR count). The highest BCUT2D eigenvalue weighted by Crippen LogP contribution is 2.38. The van der Waals surface area contributed by atoms with E-state index in [1.54, 1.807) is 0 Å². The number of nitrogens with one attached hydrogen (secondary N) is 1. The lowest BCUT2D eigenvalue weighted by molar-refractivity contribution is -0.133. The number of aromatic nitrogens is 1. The van der Waals surface area contributed by atoms with Crippen molar-refractivity contribution in [3.63, 3.8) is 0 Å². The second-order valence-corrected chi connectivity index (χ2v) is 7.13. The highest BCUT2D eigenvalue weighted by Gasteiger charge is 2.47. The molecule has 0 spiro atoms. The maximum absolute atomic E-state index is 13.2. The van der Waals surface area contributed by atoms with Gasteiger partial charge in [-0.15, -0.1) is 0 Å². The first-order valence-corrected chi connectivity index (χ1v) is 9.14. The number of likely N-dealkylation sites (tertiary alicyclic amines) is 1. The maximum Gasteiger partial charge on any atom is 0.241 e. The Morgan fingerprint density at radius 2 is 2.00 bits per heavy atom. The third-order valence-electron chi connectivity index (χ3n) is 5.57. The van der Waals surface area contributed by atoms with Crippen LogP contribution in [-0.4, -0.2) is 34.4 Å². The van der Waals surface area contributed by atoms with Crippen LogP contribution >= 0.6 is 0 Å². The molecule has 126 valence electrons. The van der Waals surface area contributed by atoms with Gasteiger partial charge >= 0.3 is 0 Å². The first-order chi connectivity index (χ1) is 11.2. The van der Waals surface area contributed by atoms with Gasteiger partial charge in [-0.25, -0.2) is 0 Å². The van der Waals surface area contributed by atoms with Crippen LogP contribution in [-0.2, 0) is 4.79 Å². The monoisotopic (exact) mass is 315 g/mol. The minimum absolute atomic E-state index is 0.0162. The van der Waals surface area contributed by atoms with Crippen LogP contribution < -0.4 is 5.32 Å². The maximum atomic E-state index is 13.2. The molecule has 1 aliphatic carbocycles. The van der Waals surface area contributed by atoms with Crippen molar-refractivity contribution in [1.29, 1.82) is 0 Å². The minimum atomic E-state index is -0.256. The molecule has 0 radical (unpaired) electrons. The lowest BCUT2D eigenvalue weighted by Crippen LogP contribution is -2.56. The van der Waals surface area contributed by atoms with Crippen LogP contribution in [0.5, 0.6) is 0 Å². The van der Waals surface area contributed by atoms with Crippen LogP contribution in [0.4, 0.5) is 0 Å². The number of amides is 1. The smallest absolute Gasteiger partial charge is 0.241 e. The summed E-state index contributed by atoms with van der Waals surface area (Å²) in [6.45, 7) is 6.34. The third-order valence-corrected chi connectivity index (χ3v) is 5.57. The van der Waals surface area contributed by atoms with Crippen LogP contribution in [0.2, 0.25) is 0 Å². The second kappa shape index (κ2) is 7.00. The van der Waals surface area contributed by atoms with Crippen LogP contribution in [0, 0.1) is 6.92 Å². The topological polar surface area (TPSA) is 45.2 Å². The molecule has 0 aromatic carbocycles. The average molecular weight is 315 g/mol. The molecule has 23 heavy (non-hydrogen) atoms. The molecule has 4 nitrogen and oxygen atoms in total. The van der Waals surface area contributed by atoms with Gasteiger partial charge in [-0.3, -0.25) is 14.7 Å². The van der Waals surface area contributed by atoms with Gasteiger partial charge in [0.1, 0.15) is 5.54 Å². The first-order valence-electron chi connectivity index (χ1n) is 9.14. The van der Waals surface area contributed by atoms with Crippen molar-refractivity contribution in [2.45, 2.75) is 70.4 Å². The van der Waals surface area contributed by atoms with Crippen molar-refractivity contribution in [2.75, 3.05) is 13.1 Å². The predicted molar refractivity (Wildman–Crippen MR) is 92.2 cm³/mol. The molecule has 1 aromatic rings. The van der Waals surface area contributed by atoms with E-state index in [2.05, 4.69) is 35.1 Å². The summed E-state index contributed by atoms with van der Waals surface area (Å²) in [5, 5.41) is 3.33. The zero-order valence-corrected chi connectivity index (χ0v) is 14.5. The number of carbonyl (C=O) groups excluding carboxylic acids is 1. The fourth-order valence-corrected chi connectivity index (χ4v) is 4.22. The lowest BCUT2D eigenvalue weighted by atomic mass is 9.93. The Hall–Kier alpha value is -1.42. The number of hydrogen-bond acceptors (Lipinski definition) is 3. The van der Waals surface area contributed by atoms with Gasteiger partial charge in [-0.2, -0.15) is 0 Å². The Morgan fingerprint density at radius 3 is 2.61 bits per heavy atom. The Morgan fingerprint density at radius 1 is 1.30 bits per heavy atom. The number of hydrogen-bond donors (Lipinski definition) is 1. The molecule has 1 N–H and O–H groups in total. The zero-order valence-electron chi connectivity index (χ0n) is 14.5. The van der Waals surface area contributed by atoms with Gasteiger partial charge < -0.3 is 5.32 Å². The van der Waals surface area contributed by atoms with Gasteiger partial charge in [0, 0.05) is 6.20 Å². The molecule has 1 saturated carbocycles. The summed E-state index contributed by atoms with van der Waals surface area (Å²) in [4.78, 5) is 20.1. The Labute approximate surface area is 139 Å². The summed E-state index contributed by atoms with van der Waals surface area (Å²) in [6.07, 6.45) is 9.53. The standard InChI is InChI=1S/C19H29N3O/c1-3-16(17-14-15(2)8-11-20-17)21-18(23)19(9-4-5-10-19)22-12-6-7-13-22/h8,11,14,16H,3-7,9-10,12-13H2,1-2H3,(H,21,23). The summed E-state index contributed by atoms with van der Waals surface area (Å²) in [6, 6.07) is 4.11. The highest BCUT2D eigenvalue weighted by atomic mass is 16.2. The van der Waals surface area contributed by atoms with Gasteiger partial charge in [-0.1, -0.05) is 19.8 Å². The van der Waals surface area contributed by atoms with Gasteiger partial charge in [0.15, 0.2) is 0 Å². The minimum Gasteiger partial charge on any atom is -0.346 e. The molecule has 0 bridgehead atoms. The van der Waals surface area contributed by atoms with Crippen LogP contribution in [0.25, 0.3) is 0 Å². The van der Waals surface area contributed by atoms with E-state index < -0.39 is 0 Å². The molecule has 4 heteroatoms. The Kier molecular flexibility index (Phi) is 5.00. The summed E-state index contributed by atoms with van der Waals surface area (Å²) in [7, 11) is 0. The molecule has 2 heterocycles. The zero-order chi connectivity index (χ0) is 16.3. The molecule has 2 aliphatic rings. The molecular formula is C19H29N3O. The van der Waals surface area contributed by atoms with Crippen molar-refractivity contribution >= 4 is 5.91 Å². The SMILES string of the molecule is CCC(NC(=O)C1(N2CCCC2)CCCC1)c1cc(C)ccn1. The van der Waals surface area contributed by atoms with Crippen molar-refractivity contribution in [1.82, 2.24) is 15.2 Å². The highest BCUT2D eigenvalue weighted by molar-refractivity contribution is 5.87. The van der Waals surface area contributed by atoms with E-state index in [0.717, 1.165) is 38.0 Å². The van der Waals surface area contributed by atoms with E-state index in [4.69, 9.17) is 0 Å². The van der Waals surface area contributed by atoms with Crippen molar-refractivity contribution in [2.24, 2.45) is 0 Å². The normalized spacial score (nSPS) is 22.2. The number of carbonyl (C=O) groups is 1. The summed E-state index contributed by atoms with van der Waals surface area (Å²) >= 11 is 0. The molecule has 2 fully saturated rings. The van der Waals surface area contributed by atoms with Gasteiger partial charge in [0.2, 0.25) is 5.91 Å². The van der Waals surface area contributed by atoms with Gasteiger partial charge in [-0.05, 0) is 69.8 Å². The largest absolute Gasteiger partial charge is 0.346 e. The molecule has 1 unspecified atom stereocenters. The predicted octanol–water partition coefficient (Wildman–Crippen LogP) is 3.37. The second-order valence-electron chi connectivity index (χ2n) is 7.13. The summed E-state index contributed by atoms with van der Waals surface area (Å²) < 4.78 is 0. The van der Waals surface area contributed by atoms with E-state index >= 15 is 0 Å². The number of aryl methyl sites for hydroxylation is 1. The Bertz CT molecular complexity index is 545. The van der Waals surface area contributed by atoms with Gasteiger partial charge in [0.25, 0.3) is 0 Å². The molecule has 1 aromatic heterocycles. The van der Waals surface area contributed by atoms with Crippen molar-refractivity contribution in [3.05, 3.63) is 29.6 Å². The number of pyridine rings is 1. The molecular weight excluding hydrogens is 286 g/mol. The van der Waals surface area contributed by atoms with Crippen LogP contribution in [0.3, 0.4) is 0 Å². The van der Waals surface area contributed by atoms with Crippen molar-refractivity contribution in [3.8, 4) is 0 Å². The average Bonchev–Trinajstić information content (AvgIpc) is 3.23.